The monoisotopic (exact) mass is 506 g/mol. The molecule has 0 spiro atoms. The van der Waals surface area contributed by atoms with Crippen molar-refractivity contribution in [2.75, 3.05) is 0 Å². The van der Waals surface area contributed by atoms with E-state index in [1.807, 2.05) is 72.9 Å². The molecule has 0 saturated heterocycles. The van der Waals surface area contributed by atoms with E-state index in [4.69, 9.17) is 20.0 Å². The second-order valence-electron chi connectivity index (χ2n) is 9.10. The van der Waals surface area contributed by atoms with Crippen molar-refractivity contribution in [3.05, 3.63) is 154 Å². The molecule has 0 unspecified atom stereocenters. The van der Waals surface area contributed by atoms with Gasteiger partial charge >= 0.3 is 0 Å². The van der Waals surface area contributed by atoms with Gasteiger partial charge in [0.05, 0.1) is 50.6 Å². The highest BCUT2D eigenvalue weighted by Gasteiger charge is 2.23. The third-order valence-corrected chi connectivity index (χ3v) is 6.60. The van der Waals surface area contributed by atoms with E-state index in [-0.39, 0.29) is 5.69 Å². The molecular formula is C31H18N6O2. The molecule has 8 nitrogen and oxygen atoms in total. The van der Waals surface area contributed by atoms with Crippen molar-refractivity contribution in [2.24, 2.45) is 20.0 Å². The van der Waals surface area contributed by atoms with Crippen molar-refractivity contribution >= 4 is 39.7 Å². The molecule has 184 valence electrons. The lowest BCUT2D eigenvalue weighted by Gasteiger charge is -2.10. The average Bonchev–Trinajstić information content (AvgIpc) is 3.76. The van der Waals surface area contributed by atoms with Gasteiger partial charge in [-0.15, -0.1) is 0 Å². The smallest absolute Gasteiger partial charge is 0.265 e. The molecule has 0 amide bonds. The topological polar surface area (TPSA) is 105 Å². The quantitative estimate of drug-likeness (QED) is 0.380. The van der Waals surface area contributed by atoms with Gasteiger partial charge in [-0.05, 0) is 96.2 Å². The van der Waals surface area contributed by atoms with Gasteiger partial charge in [0.15, 0.2) is 0 Å². The Morgan fingerprint density at radius 3 is 1.90 bits per heavy atom. The number of nitro groups is 1. The van der Waals surface area contributed by atoms with E-state index in [0.29, 0.717) is 11.4 Å². The van der Waals surface area contributed by atoms with Gasteiger partial charge in [0, 0.05) is 35.7 Å². The van der Waals surface area contributed by atoms with Gasteiger partial charge in [-0.2, -0.15) is 0 Å². The molecule has 39 heavy (non-hydrogen) atoms. The Morgan fingerprint density at radius 2 is 1.13 bits per heavy atom. The fourth-order valence-corrected chi connectivity index (χ4v) is 4.82. The maximum atomic E-state index is 11.3. The molecule has 6 heterocycles. The first kappa shape index (κ1) is 22.6. The van der Waals surface area contributed by atoms with Crippen LogP contribution >= 0.6 is 0 Å². The zero-order chi connectivity index (χ0) is 26.3. The first-order valence-corrected chi connectivity index (χ1v) is 12.3. The summed E-state index contributed by atoms with van der Waals surface area (Å²) in [6.07, 6.45) is 23.0. The van der Waals surface area contributed by atoms with Gasteiger partial charge in [0.25, 0.3) is 5.69 Å². The van der Waals surface area contributed by atoms with Crippen molar-refractivity contribution in [1.82, 2.24) is 4.98 Å². The molecule has 8 bridgehead atoms. The fourth-order valence-electron chi connectivity index (χ4n) is 4.82. The molecule has 1 aromatic heterocycles. The molecule has 5 aliphatic heterocycles. The molecule has 0 fully saturated rings. The van der Waals surface area contributed by atoms with Crippen LogP contribution in [0, 0.1) is 10.1 Å². The summed E-state index contributed by atoms with van der Waals surface area (Å²) in [7, 11) is 0. The third-order valence-electron chi connectivity index (χ3n) is 6.60. The van der Waals surface area contributed by atoms with E-state index in [9.17, 15) is 10.1 Å². The van der Waals surface area contributed by atoms with Gasteiger partial charge in [0.1, 0.15) is 0 Å². The summed E-state index contributed by atoms with van der Waals surface area (Å²) in [4.78, 5) is 34.6. The number of aromatic nitrogens is 1. The molecule has 0 atom stereocenters. The van der Waals surface area contributed by atoms with Crippen molar-refractivity contribution in [3.8, 4) is 0 Å². The van der Waals surface area contributed by atoms with E-state index in [1.165, 1.54) is 12.1 Å². The Morgan fingerprint density at radius 1 is 0.564 bits per heavy atom. The zero-order valence-corrected chi connectivity index (χ0v) is 20.4. The van der Waals surface area contributed by atoms with Crippen LogP contribution in [0.5, 0.6) is 0 Å². The van der Waals surface area contributed by atoms with Crippen molar-refractivity contribution in [2.45, 2.75) is 0 Å². The molecular weight excluding hydrogens is 488 g/mol. The number of fused-ring (bicyclic) bond motifs is 4. The van der Waals surface area contributed by atoms with E-state index in [1.54, 1.807) is 24.5 Å². The average molecular weight is 507 g/mol. The van der Waals surface area contributed by atoms with Gasteiger partial charge in [0.2, 0.25) is 0 Å². The summed E-state index contributed by atoms with van der Waals surface area (Å²) in [5, 5.41) is 11.3. The molecule has 0 saturated carbocycles. The zero-order valence-electron chi connectivity index (χ0n) is 20.4. The number of nitrogens with zero attached hydrogens (tertiary/aromatic N) is 6. The third kappa shape index (κ3) is 4.19. The minimum atomic E-state index is -0.407. The maximum absolute atomic E-state index is 11.3. The number of non-ortho nitro benzene ring substituents is 1. The molecule has 0 N–H and O–H groups in total. The number of rotatable bonds is 3. The van der Waals surface area contributed by atoms with Gasteiger partial charge in [-0.1, -0.05) is 0 Å². The Labute approximate surface area is 223 Å². The summed E-state index contributed by atoms with van der Waals surface area (Å²) in [6.45, 7) is 0. The van der Waals surface area contributed by atoms with Crippen LogP contribution < -0.4 is 0 Å². The van der Waals surface area contributed by atoms with Gasteiger partial charge in [-0.25, -0.2) is 20.0 Å². The summed E-state index contributed by atoms with van der Waals surface area (Å²) in [6, 6.07) is 10.3. The van der Waals surface area contributed by atoms with Crippen LogP contribution in [0.3, 0.4) is 0 Å². The van der Waals surface area contributed by atoms with Crippen LogP contribution in [0.4, 0.5) is 5.69 Å². The van der Waals surface area contributed by atoms with Crippen molar-refractivity contribution in [3.63, 3.8) is 0 Å². The second kappa shape index (κ2) is 9.04. The lowest BCUT2D eigenvalue weighted by molar-refractivity contribution is -0.384. The summed E-state index contributed by atoms with van der Waals surface area (Å²) >= 11 is 0. The molecule has 1 aromatic carbocycles. The Balaban J connectivity index is 1.48. The summed E-state index contributed by atoms with van der Waals surface area (Å²) in [5.41, 5.74) is 9.49. The highest BCUT2D eigenvalue weighted by atomic mass is 16.6. The molecule has 7 rings (SSSR count). The van der Waals surface area contributed by atoms with Crippen LogP contribution in [-0.2, 0) is 0 Å². The normalized spacial score (nSPS) is 18.8. The van der Waals surface area contributed by atoms with Gasteiger partial charge in [-0.3, -0.25) is 15.1 Å². The van der Waals surface area contributed by atoms with Crippen LogP contribution in [-0.4, -0.2) is 32.8 Å². The van der Waals surface area contributed by atoms with E-state index >= 15 is 0 Å². The highest BCUT2D eigenvalue weighted by molar-refractivity contribution is 6.36. The number of hydrogen-bond donors (Lipinski definition) is 0. The molecule has 2 aromatic rings. The Bertz CT molecular complexity index is 1840. The first-order chi connectivity index (χ1) is 19.1. The van der Waals surface area contributed by atoms with Gasteiger partial charge < -0.3 is 0 Å². The second-order valence-corrected chi connectivity index (χ2v) is 9.10. The van der Waals surface area contributed by atoms with E-state index in [0.717, 1.165) is 56.5 Å². The predicted molar refractivity (Wildman–Crippen MR) is 154 cm³/mol. The minimum Gasteiger partial charge on any atom is -0.265 e. The minimum absolute atomic E-state index is 0.0227. The van der Waals surface area contributed by atoms with Crippen LogP contribution in [0.1, 0.15) is 11.1 Å². The standard InChI is InChI=1S/C31H18N6O2/c38-37(39)25-7-1-19(2-8-25)30-26-9-5-23(34-26)17-21-3-4-22(33-21)18-24-6-10-27(35-24)31(20-13-15-32-16-14-20)29-12-11-28(30)36-29/h1-18H. The maximum Gasteiger partial charge on any atom is 0.269 e. The molecule has 0 aliphatic carbocycles. The SMILES string of the molecule is O=[N+]([O-])c1ccc(C2=C3C=CC(=N3)C=C3C=CC(=N3)C=C3C=CC(=N3)C(c3ccncc3)=C3C=CC2=N3)cc1. The van der Waals surface area contributed by atoms with E-state index < -0.39 is 4.92 Å². The number of aliphatic imine (C=N–C) groups is 4. The molecule has 8 heteroatoms. The van der Waals surface area contributed by atoms with Crippen LogP contribution in [0.2, 0.25) is 0 Å². The first-order valence-electron chi connectivity index (χ1n) is 12.3. The number of allylic oxidation sites excluding steroid dienone is 12. The number of hydrogen-bond acceptors (Lipinski definition) is 7. The molecule has 5 aliphatic rings. The van der Waals surface area contributed by atoms with Crippen molar-refractivity contribution in [1.29, 1.82) is 0 Å². The lowest BCUT2D eigenvalue weighted by atomic mass is 9.98. The van der Waals surface area contributed by atoms with Crippen LogP contribution in [0.15, 0.2) is 152 Å². The summed E-state index contributed by atoms with van der Waals surface area (Å²) < 4.78 is 0. The number of benzene rings is 1. The number of pyridine rings is 1. The molecule has 0 radical (unpaired) electrons. The largest absolute Gasteiger partial charge is 0.269 e. The highest BCUT2D eigenvalue weighted by Crippen LogP contribution is 2.34. The lowest BCUT2D eigenvalue weighted by Crippen LogP contribution is -2.02. The Kier molecular flexibility index (Phi) is 5.23. The Hall–Kier alpha value is -5.63. The van der Waals surface area contributed by atoms with E-state index in [2.05, 4.69) is 4.98 Å². The predicted octanol–water partition coefficient (Wildman–Crippen LogP) is 5.94. The number of nitro benzene ring substituents is 1. The van der Waals surface area contributed by atoms with Crippen molar-refractivity contribution < 1.29 is 4.92 Å². The fraction of sp³-hybridized carbons (Fsp3) is 0. The van der Waals surface area contributed by atoms with Crippen LogP contribution in [0.25, 0.3) is 11.1 Å². The summed E-state index contributed by atoms with van der Waals surface area (Å²) in [5.74, 6) is 0.